The largest absolute Gasteiger partial charge is 0.384 e. The first-order valence-corrected chi connectivity index (χ1v) is 7.21. The quantitative estimate of drug-likeness (QED) is 0.818. The minimum Gasteiger partial charge on any atom is -0.384 e. The van der Waals surface area contributed by atoms with Crippen molar-refractivity contribution in [2.45, 2.75) is 39.5 Å². The Morgan fingerprint density at radius 2 is 1.87 bits per heavy atom. The molecule has 0 radical (unpaired) electrons. The molecule has 0 amide bonds. The minimum atomic E-state index is -0.523. The predicted molar refractivity (Wildman–Crippen MR) is 86.7 cm³/mol. The van der Waals surface area contributed by atoms with Crippen LogP contribution in [0.5, 0.6) is 0 Å². The molecule has 0 saturated carbocycles. The monoisotopic (exact) mass is 325 g/mol. The molecule has 1 aromatic heterocycles. The molecule has 130 valence electrons. The molecular weight excluding hydrogens is 298 g/mol. The highest BCUT2D eigenvalue weighted by Gasteiger charge is 2.26. The lowest BCUT2D eigenvalue weighted by Crippen LogP contribution is -2.28. The Kier molecular flexibility index (Phi) is 8.51. The molecule has 0 bridgehead atoms. The summed E-state index contributed by atoms with van der Waals surface area (Å²) in [4.78, 5) is 11.2. The number of nitrogen functional groups attached to an aromatic ring is 1. The second-order valence-corrected chi connectivity index (χ2v) is 6.51. The van der Waals surface area contributed by atoms with Crippen LogP contribution >= 0.6 is 0 Å². The van der Waals surface area contributed by atoms with Crippen molar-refractivity contribution in [1.29, 1.82) is 5.26 Å². The lowest BCUT2D eigenvalue weighted by molar-refractivity contribution is -0.128. The van der Waals surface area contributed by atoms with E-state index in [9.17, 15) is 4.79 Å². The van der Waals surface area contributed by atoms with Crippen molar-refractivity contribution in [2.75, 3.05) is 33.2 Å². The van der Waals surface area contributed by atoms with Crippen molar-refractivity contribution in [2.24, 2.45) is 5.41 Å². The number of nitriles is 1. The van der Waals surface area contributed by atoms with E-state index in [-0.39, 0.29) is 17.6 Å². The van der Waals surface area contributed by atoms with Gasteiger partial charge in [0.1, 0.15) is 0 Å². The predicted octanol–water partition coefficient (Wildman–Crippen LogP) is 2.32. The SMILES string of the molecule is COCC(C)(C)C(=O)CC#N.COCC(C)(C)c1cc(N)on1. The average molecular weight is 325 g/mol. The summed E-state index contributed by atoms with van der Waals surface area (Å²) < 4.78 is 14.7. The standard InChI is InChI=1S/C8H14N2O2.C8H13NO2/c1-8(2,5-11-3)6-4-7(9)12-10-6;1-8(2,6-11-3)7(10)4-5-9/h4H,5,9H2,1-3H3;4,6H2,1-3H3. The normalized spacial score (nSPS) is 11.3. The van der Waals surface area contributed by atoms with Gasteiger partial charge >= 0.3 is 0 Å². The van der Waals surface area contributed by atoms with Crippen LogP contribution in [-0.2, 0) is 19.7 Å². The van der Waals surface area contributed by atoms with Crippen molar-refractivity contribution in [1.82, 2.24) is 5.16 Å². The van der Waals surface area contributed by atoms with E-state index in [4.69, 9.17) is 25.0 Å². The first kappa shape index (κ1) is 21.1. The third-order valence-electron chi connectivity index (χ3n) is 3.23. The Labute approximate surface area is 137 Å². The summed E-state index contributed by atoms with van der Waals surface area (Å²) in [6.07, 6.45) is -0.0314. The van der Waals surface area contributed by atoms with Crippen LogP contribution in [0.1, 0.15) is 39.8 Å². The van der Waals surface area contributed by atoms with Gasteiger partial charge in [-0.25, -0.2) is 0 Å². The van der Waals surface area contributed by atoms with E-state index in [1.807, 2.05) is 19.9 Å². The van der Waals surface area contributed by atoms with Gasteiger partial charge in [0.15, 0.2) is 5.78 Å². The molecule has 7 heteroatoms. The van der Waals surface area contributed by atoms with Crippen molar-refractivity contribution >= 4 is 11.7 Å². The third kappa shape index (κ3) is 7.26. The molecule has 1 heterocycles. The van der Waals surface area contributed by atoms with E-state index in [2.05, 4.69) is 5.16 Å². The first-order valence-electron chi connectivity index (χ1n) is 7.21. The van der Waals surface area contributed by atoms with E-state index in [0.717, 1.165) is 5.69 Å². The van der Waals surface area contributed by atoms with Gasteiger partial charge in [-0.2, -0.15) is 5.26 Å². The second-order valence-electron chi connectivity index (χ2n) is 6.51. The molecule has 0 aliphatic rings. The smallest absolute Gasteiger partial charge is 0.222 e. The van der Waals surface area contributed by atoms with E-state index in [1.165, 1.54) is 0 Å². The number of Topliss-reactive ketones (excluding diaryl/α,β-unsaturated/α-hetero) is 1. The lowest BCUT2D eigenvalue weighted by Gasteiger charge is -2.19. The van der Waals surface area contributed by atoms with Crippen molar-refractivity contribution in [3.63, 3.8) is 0 Å². The Morgan fingerprint density at radius 3 is 2.26 bits per heavy atom. The highest BCUT2D eigenvalue weighted by atomic mass is 16.5. The fourth-order valence-corrected chi connectivity index (χ4v) is 1.80. The van der Waals surface area contributed by atoms with E-state index in [1.54, 1.807) is 34.1 Å². The van der Waals surface area contributed by atoms with Gasteiger partial charge in [-0.3, -0.25) is 4.79 Å². The molecule has 0 fully saturated rings. The molecule has 23 heavy (non-hydrogen) atoms. The fourth-order valence-electron chi connectivity index (χ4n) is 1.80. The summed E-state index contributed by atoms with van der Waals surface area (Å²) in [6, 6.07) is 3.55. The number of methoxy groups -OCH3 is 2. The summed E-state index contributed by atoms with van der Waals surface area (Å²) in [5.74, 6) is 0.274. The second kappa shape index (κ2) is 9.28. The average Bonchev–Trinajstić information content (AvgIpc) is 2.87. The number of nitrogens with zero attached hydrogens (tertiary/aromatic N) is 2. The molecule has 0 unspecified atom stereocenters. The molecule has 0 saturated heterocycles. The maximum Gasteiger partial charge on any atom is 0.222 e. The summed E-state index contributed by atoms with van der Waals surface area (Å²) in [6.45, 7) is 8.56. The van der Waals surface area contributed by atoms with E-state index < -0.39 is 5.41 Å². The molecule has 0 aromatic carbocycles. The molecule has 1 rings (SSSR count). The van der Waals surface area contributed by atoms with Gasteiger partial charge in [-0.1, -0.05) is 32.9 Å². The number of aromatic nitrogens is 1. The number of rotatable bonds is 7. The number of ether oxygens (including phenoxy) is 2. The van der Waals surface area contributed by atoms with Crippen LogP contribution in [0.15, 0.2) is 10.6 Å². The van der Waals surface area contributed by atoms with Crippen molar-refractivity contribution in [3.05, 3.63) is 11.8 Å². The molecule has 0 aliphatic heterocycles. The minimum absolute atomic E-state index is 0.0314. The van der Waals surface area contributed by atoms with Gasteiger partial charge in [0.2, 0.25) is 5.88 Å². The first-order chi connectivity index (χ1) is 10.6. The number of hydrogen-bond donors (Lipinski definition) is 1. The van der Waals surface area contributed by atoms with Crippen molar-refractivity contribution in [3.8, 4) is 6.07 Å². The van der Waals surface area contributed by atoms with Crippen LogP contribution in [0.25, 0.3) is 0 Å². The molecule has 1 aromatic rings. The topological polar surface area (TPSA) is 111 Å². The van der Waals surface area contributed by atoms with Gasteiger partial charge < -0.3 is 19.7 Å². The van der Waals surface area contributed by atoms with Crippen LogP contribution in [0, 0.1) is 16.7 Å². The molecule has 0 spiro atoms. The zero-order valence-electron chi connectivity index (χ0n) is 14.8. The zero-order valence-corrected chi connectivity index (χ0v) is 14.8. The maximum absolute atomic E-state index is 11.2. The molecule has 7 nitrogen and oxygen atoms in total. The number of nitrogens with two attached hydrogens (primary N) is 1. The Hall–Kier alpha value is -1.91. The number of anilines is 1. The van der Waals surface area contributed by atoms with Crippen molar-refractivity contribution < 1.29 is 18.8 Å². The van der Waals surface area contributed by atoms with Gasteiger partial charge in [0, 0.05) is 31.1 Å². The van der Waals surface area contributed by atoms with Gasteiger partial charge in [-0.05, 0) is 0 Å². The van der Waals surface area contributed by atoms with Crippen LogP contribution in [0.3, 0.4) is 0 Å². The summed E-state index contributed by atoms with van der Waals surface area (Å²) in [7, 11) is 3.20. The summed E-state index contributed by atoms with van der Waals surface area (Å²) in [5, 5.41) is 12.1. The van der Waals surface area contributed by atoms with E-state index >= 15 is 0 Å². The molecule has 0 atom stereocenters. The Balaban J connectivity index is 0.000000423. The molecule has 0 aliphatic carbocycles. The Morgan fingerprint density at radius 1 is 1.30 bits per heavy atom. The highest BCUT2D eigenvalue weighted by Crippen LogP contribution is 2.23. The van der Waals surface area contributed by atoms with E-state index in [0.29, 0.717) is 19.1 Å². The van der Waals surface area contributed by atoms with Crippen LogP contribution in [0.4, 0.5) is 5.88 Å². The number of carbonyl (C=O) groups excluding carboxylic acids is 1. The molecular formula is C16H27N3O4. The van der Waals surface area contributed by atoms with Gasteiger partial charge in [0.25, 0.3) is 0 Å². The zero-order chi connectivity index (χ0) is 18.1. The highest BCUT2D eigenvalue weighted by molar-refractivity contribution is 5.85. The number of carbonyl (C=O) groups is 1. The fraction of sp³-hybridized carbons (Fsp3) is 0.688. The maximum atomic E-state index is 11.2. The summed E-state index contributed by atoms with van der Waals surface area (Å²) in [5.41, 5.74) is 5.56. The lowest BCUT2D eigenvalue weighted by atomic mass is 9.88. The number of ketones is 1. The Bertz CT molecular complexity index is 530. The van der Waals surface area contributed by atoms with Crippen LogP contribution < -0.4 is 5.73 Å². The number of hydrogen-bond acceptors (Lipinski definition) is 7. The molecule has 2 N–H and O–H groups in total. The third-order valence-corrected chi connectivity index (χ3v) is 3.23. The van der Waals surface area contributed by atoms with Gasteiger partial charge in [0.05, 0.1) is 31.4 Å². The van der Waals surface area contributed by atoms with Crippen LogP contribution in [0.2, 0.25) is 0 Å². The van der Waals surface area contributed by atoms with Crippen LogP contribution in [-0.4, -0.2) is 38.4 Å². The summed E-state index contributed by atoms with van der Waals surface area (Å²) >= 11 is 0. The van der Waals surface area contributed by atoms with Gasteiger partial charge in [-0.15, -0.1) is 0 Å².